The number of nitrogens with zero attached hydrogens (tertiary/aromatic N) is 1. The highest BCUT2D eigenvalue weighted by Gasteiger charge is 2.21. The van der Waals surface area contributed by atoms with Gasteiger partial charge in [-0.1, -0.05) is 26.7 Å². The van der Waals surface area contributed by atoms with Crippen molar-refractivity contribution in [3.8, 4) is 0 Å². The SMILES string of the molecule is CCCC(CCC)C(=O)Nc1ccc(N2CCCCC2=O)c(C)c1. The first-order chi connectivity index (χ1) is 11.6. The average Bonchev–Trinajstić information content (AvgIpc) is 2.56. The van der Waals surface area contributed by atoms with E-state index in [0.29, 0.717) is 6.42 Å². The molecule has 2 rings (SSSR count). The highest BCUT2D eigenvalue weighted by Crippen LogP contribution is 2.27. The summed E-state index contributed by atoms with van der Waals surface area (Å²) in [5, 5.41) is 3.05. The van der Waals surface area contributed by atoms with Crippen molar-refractivity contribution in [3.05, 3.63) is 23.8 Å². The third-order valence-electron chi connectivity index (χ3n) is 4.72. The first kappa shape index (κ1) is 18.5. The number of amides is 2. The maximum atomic E-state index is 12.5. The largest absolute Gasteiger partial charge is 0.326 e. The van der Waals surface area contributed by atoms with Gasteiger partial charge in [-0.15, -0.1) is 0 Å². The van der Waals surface area contributed by atoms with Crippen LogP contribution in [0.3, 0.4) is 0 Å². The molecule has 1 saturated heterocycles. The molecule has 1 aliphatic rings. The number of hydrogen-bond donors (Lipinski definition) is 1. The van der Waals surface area contributed by atoms with Crippen molar-refractivity contribution in [1.29, 1.82) is 0 Å². The molecular weight excluding hydrogens is 300 g/mol. The molecule has 2 amide bonds. The Hall–Kier alpha value is -1.84. The molecule has 0 spiro atoms. The Bertz CT molecular complexity index is 577. The van der Waals surface area contributed by atoms with Crippen molar-refractivity contribution in [2.45, 2.75) is 65.7 Å². The number of piperidine rings is 1. The zero-order valence-corrected chi connectivity index (χ0v) is 15.2. The fourth-order valence-electron chi connectivity index (χ4n) is 3.44. The fraction of sp³-hybridized carbons (Fsp3) is 0.600. The van der Waals surface area contributed by atoms with Gasteiger partial charge in [0.05, 0.1) is 0 Å². The number of carbonyl (C=O) groups is 2. The number of hydrogen-bond acceptors (Lipinski definition) is 2. The second-order valence-corrected chi connectivity index (χ2v) is 6.77. The van der Waals surface area contributed by atoms with Gasteiger partial charge in [0.2, 0.25) is 11.8 Å². The van der Waals surface area contributed by atoms with Gasteiger partial charge < -0.3 is 10.2 Å². The number of aryl methyl sites for hydroxylation is 1. The molecule has 4 heteroatoms. The van der Waals surface area contributed by atoms with Gasteiger partial charge in [-0.25, -0.2) is 0 Å². The van der Waals surface area contributed by atoms with E-state index in [1.807, 2.05) is 30.0 Å². The molecule has 0 aliphatic carbocycles. The normalized spacial score (nSPS) is 15.0. The van der Waals surface area contributed by atoms with Crippen molar-refractivity contribution >= 4 is 23.2 Å². The quantitative estimate of drug-likeness (QED) is 0.790. The van der Waals surface area contributed by atoms with Gasteiger partial charge in [-0.2, -0.15) is 0 Å². The monoisotopic (exact) mass is 330 g/mol. The third-order valence-corrected chi connectivity index (χ3v) is 4.72. The minimum absolute atomic E-state index is 0.0867. The summed E-state index contributed by atoms with van der Waals surface area (Å²) < 4.78 is 0. The van der Waals surface area contributed by atoms with Gasteiger partial charge >= 0.3 is 0 Å². The topological polar surface area (TPSA) is 49.4 Å². The summed E-state index contributed by atoms with van der Waals surface area (Å²) in [7, 11) is 0. The molecule has 4 nitrogen and oxygen atoms in total. The lowest BCUT2D eigenvalue weighted by atomic mass is 9.97. The van der Waals surface area contributed by atoms with Crippen LogP contribution in [-0.4, -0.2) is 18.4 Å². The molecule has 1 aliphatic heterocycles. The van der Waals surface area contributed by atoms with Gasteiger partial charge in [0.1, 0.15) is 0 Å². The minimum Gasteiger partial charge on any atom is -0.326 e. The number of anilines is 2. The Morgan fingerprint density at radius 1 is 1.21 bits per heavy atom. The molecule has 0 unspecified atom stereocenters. The average molecular weight is 330 g/mol. The maximum absolute atomic E-state index is 12.5. The van der Waals surface area contributed by atoms with Crippen molar-refractivity contribution in [1.82, 2.24) is 0 Å². The van der Waals surface area contributed by atoms with E-state index >= 15 is 0 Å². The van der Waals surface area contributed by atoms with Crippen LogP contribution in [0.1, 0.15) is 64.4 Å². The van der Waals surface area contributed by atoms with Crippen molar-refractivity contribution in [2.24, 2.45) is 5.92 Å². The maximum Gasteiger partial charge on any atom is 0.227 e. The smallest absolute Gasteiger partial charge is 0.227 e. The first-order valence-electron chi connectivity index (χ1n) is 9.28. The van der Waals surface area contributed by atoms with Crippen molar-refractivity contribution in [2.75, 3.05) is 16.8 Å². The lowest BCUT2D eigenvalue weighted by Gasteiger charge is -2.28. The summed E-state index contributed by atoms with van der Waals surface area (Å²) in [4.78, 5) is 26.4. The zero-order valence-electron chi connectivity index (χ0n) is 15.2. The fourth-order valence-corrected chi connectivity index (χ4v) is 3.44. The van der Waals surface area contributed by atoms with E-state index in [9.17, 15) is 9.59 Å². The van der Waals surface area contributed by atoms with Crippen LogP contribution in [0.25, 0.3) is 0 Å². The molecule has 132 valence electrons. The third kappa shape index (κ3) is 4.59. The summed E-state index contributed by atoms with van der Waals surface area (Å²) >= 11 is 0. The van der Waals surface area contributed by atoms with Crippen LogP contribution < -0.4 is 10.2 Å². The van der Waals surface area contributed by atoms with Crippen LogP contribution in [0.4, 0.5) is 11.4 Å². The van der Waals surface area contributed by atoms with Crippen LogP contribution in [0.2, 0.25) is 0 Å². The van der Waals surface area contributed by atoms with Crippen molar-refractivity contribution in [3.63, 3.8) is 0 Å². The molecular formula is C20H30N2O2. The highest BCUT2D eigenvalue weighted by molar-refractivity contribution is 5.96. The summed E-state index contributed by atoms with van der Waals surface area (Å²) in [6.07, 6.45) is 6.57. The zero-order chi connectivity index (χ0) is 17.5. The Balaban J connectivity index is 2.08. The summed E-state index contributed by atoms with van der Waals surface area (Å²) in [5.74, 6) is 0.399. The van der Waals surface area contributed by atoms with E-state index in [1.54, 1.807) is 0 Å². The Kier molecular flexibility index (Phi) is 6.83. The molecule has 0 saturated carbocycles. The summed E-state index contributed by atoms with van der Waals surface area (Å²) in [6, 6.07) is 5.85. The van der Waals surface area contributed by atoms with Crippen LogP contribution in [0, 0.1) is 12.8 Å². The molecule has 0 atom stereocenters. The van der Waals surface area contributed by atoms with E-state index in [4.69, 9.17) is 0 Å². The Labute approximate surface area is 145 Å². The molecule has 1 aromatic carbocycles. The van der Waals surface area contributed by atoms with Crippen LogP contribution in [0.5, 0.6) is 0 Å². The van der Waals surface area contributed by atoms with Crippen molar-refractivity contribution < 1.29 is 9.59 Å². The molecule has 24 heavy (non-hydrogen) atoms. The van der Waals surface area contributed by atoms with E-state index in [-0.39, 0.29) is 17.7 Å². The van der Waals surface area contributed by atoms with E-state index in [0.717, 1.165) is 62.0 Å². The predicted octanol–water partition coefficient (Wildman–Crippen LogP) is 4.67. The second-order valence-electron chi connectivity index (χ2n) is 6.77. The second kappa shape index (κ2) is 8.86. The first-order valence-corrected chi connectivity index (χ1v) is 9.28. The van der Waals surface area contributed by atoms with Crippen LogP contribution in [0.15, 0.2) is 18.2 Å². The Morgan fingerprint density at radius 3 is 2.50 bits per heavy atom. The lowest BCUT2D eigenvalue weighted by Crippen LogP contribution is -2.35. The molecule has 0 radical (unpaired) electrons. The van der Waals surface area contributed by atoms with Gasteiger partial charge in [-0.05, 0) is 56.4 Å². The Morgan fingerprint density at radius 2 is 1.92 bits per heavy atom. The summed E-state index contributed by atoms with van der Waals surface area (Å²) in [6.45, 7) is 7.03. The molecule has 1 fully saturated rings. The molecule has 1 aromatic rings. The molecule has 1 heterocycles. The van der Waals surface area contributed by atoms with E-state index in [2.05, 4.69) is 19.2 Å². The molecule has 0 bridgehead atoms. The predicted molar refractivity (Wildman–Crippen MR) is 99.3 cm³/mol. The van der Waals surface area contributed by atoms with E-state index in [1.165, 1.54) is 0 Å². The van der Waals surface area contributed by atoms with Gasteiger partial charge in [0.25, 0.3) is 0 Å². The number of carbonyl (C=O) groups excluding carboxylic acids is 2. The summed E-state index contributed by atoms with van der Waals surface area (Å²) in [5.41, 5.74) is 2.82. The highest BCUT2D eigenvalue weighted by atomic mass is 16.2. The lowest BCUT2D eigenvalue weighted by molar-refractivity contribution is -0.120. The van der Waals surface area contributed by atoms with Gasteiger partial charge in [0.15, 0.2) is 0 Å². The number of nitrogens with one attached hydrogen (secondary N) is 1. The minimum atomic E-state index is 0.0867. The molecule has 1 N–H and O–H groups in total. The molecule has 0 aromatic heterocycles. The van der Waals surface area contributed by atoms with E-state index < -0.39 is 0 Å². The van der Waals surface area contributed by atoms with Gasteiger partial charge in [-0.3, -0.25) is 9.59 Å². The van der Waals surface area contributed by atoms with Crippen LogP contribution in [-0.2, 0) is 9.59 Å². The van der Waals surface area contributed by atoms with Gasteiger partial charge in [0, 0.05) is 30.3 Å². The number of rotatable bonds is 7. The number of benzene rings is 1. The van der Waals surface area contributed by atoms with Crippen LogP contribution >= 0.6 is 0 Å². The standard InChI is InChI=1S/C20H30N2O2/c1-4-8-16(9-5-2)20(24)21-17-11-12-18(15(3)14-17)22-13-7-6-10-19(22)23/h11-12,14,16H,4-10,13H2,1-3H3,(H,21,24).